The number of nitrogens with zero attached hydrogens (tertiary/aromatic N) is 2. The third kappa shape index (κ3) is 3.99. The molecule has 1 aliphatic heterocycles. The van der Waals surface area contributed by atoms with Crippen molar-refractivity contribution in [3.63, 3.8) is 0 Å². The van der Waals surface area contributed by atoms with Gasteiger partial charge in [-0.15, -0.1) is 0 Å². The predicted octanol–water partition coefficient (Wildman–Crippen LogP) is 3.99. The molecule has 2 aromatic carbocycles. The number of carbonyl (C=O) groups excluding carboxylic acids is 3. The number of nitrogens with one attached hydrogen (secondary N) is 3. The van der Waals surface area contributed by atoms with Gasteiger partial charge in [-0.3, -0.25) is 19.7 Å². The first kappa shape index (κ1) is 23.6. The first-order chi connectivity index (χ1) is 17.4. The lowest BCUT2D eigenvalue weighted by atomic mass is 9.95. The van der Waals surface area contributed by atoms with Gasteiger partial charge in [-0.25, -0.2) is 0 Å². The van der Waals surface area contributed by atoms with Gasteiger partial charge in [0.25, 0.3) is 11.8 Å². The second kappa shape index (κ2) is 9.47. The van der Waals surface area contributed by atoms with Crippen LogP contribution in [0.3, 0.4) is 0 Å². The normalized spacial score (nSPS) is 13.9. The van der Waals surface area contributed by atoms with E-state index in [0.29, 0.717) is 34.5 Å². The average Bonchev–Trinajstić information content (AvgIpc) is 3.52. The lowest BCUT2D eigenvalue weighted by Crippen LogP contribution is -2.26. The zero-order valence-electron chi connectivity index (χ0n) is 20.6. The highest BCUT2D eigenvalue weighted by atomic mass is 16.2. The monoisotopic (exact) mass is 483 g/mol. The first-order valence-electron chi connectivity index (χ1n) is 12.2. The van der Waals surface area contributed by atoms with E-state index in [1.807, 2.05) is 48.7 Å². The second-order valence-electron chi connectivity index (χ2n) is 8.93. The highest BCUT2D eigenvalue weighted by Crippen LogP contribution is 2.40. The number of imide groups is 1. The molecule has 0 unspecified atom stereocenters. The third-order valence-electron chi connectivity index (χ3n) is 6.83. The predicted molar refractivity (Wildman–Crippen MR) is 142 cm³/mol. The van der Waals surface area contributed by atoms with E-state index in [2.05, 4.69) is 38.9 Å². The van der Waals surface area contributed by atoms with Crippen LogP contribution in [0.25, 0.3) is 33.0 Å². The largest absolute Gasteiger partial charge is 0.361 e. The van der Waals surface area contributed by atoms with Gasteiger partial charge in [0.1, 0.15) is 0 Å². The van der Waals surface area contributed by atoms with Crippen molar-refractivity contribution in [2.45, 2.75) is 27.3 Å². The Balaban J connectivity index is 1.76. The van der Waals surface area contributed by atoms with Crippen LogP contribution in [0.1, 0.15) is 31.9 Å². The number of benzene rings is 2. The molecule has 0 spiro atoms. The van der Waals surface area contributed by atoms with E-state index in [1.54, 1.807) is 6.20 Å². The third-order valence-corrected chi connectivity index (χ3v) is 6.83. The fourth-order valence-electron chi connectivity index (χ4n) is 5.06. The zero-order valence-corrected chi connectivity index (χ0v) is 20.6. The molecule has 1 aliphatic rings. The lowest BCUT2D eigenvalue weighted by molar-refractivity contribution is -0.122. The molecule has 4 aromatic rings. The van der Waals surface area contributed by atoms with Gasteiger partial charge in [-0.1, -0.05) is 38.1 Å². The quantitative estimate of drug-likeness (QED) is 0.330. The number of para-hydroxylation sites is 1. The van der Waals surface area contributed by atoms with E-state index in [1.165, 1.54) is 6.92 Å². The summed E-state index contributed by atoms with van der Waals surface area (Å²) in [7, 11) is 0. The molecule has 184 valence electrons. The maximum atomic E-state index is 13.3. The van der Waals surface area contributed by atoms with Gasteiger partial charge in [0.05, 0.1) is 22.4 Å². The van der Waals surface area contributed by atoms with Crippen molar-refractivity contribution in [3.8, 4) is 0 Å². The van der Waals surface area contributed by atoms with Gasteiger partial charge in [0, 0.05) is 59.8 Å². The molecular formula is C28H29N5O3. The van der Waals surface area contributed by atoms with Gasteiger partial charge in [-0.2, -0.15) is 0 Å². The van der Waals surface area contributed by atoms with Gasteiger partial charge in [0.2, 0.25) is 5.91 Å². The van der Waals surface area contributed by atoms with Crippen molar-refractivity contribution in [2.75, 3.05) is 25.0 Å². The number of anilines is 1. The number of rotatable bonds is 8. The number of likely N-dealkylation sites (N-methyl/N-ethyl adjacent to an activating group) is 1. The maximum absolute atomic E-state index is 13.3. The van der Waals surface area contributed by atoms with Crippen molar-refractivity contribution in [2.24, 2.45) is 0 Å². The molecule has 8 heteroatoms. The van der Waals surface area contributed by atoms with Crippen LogP contribution in [0.15, 0.2) is 54.9 Å². The fourth-order valence-corrected chi connectivity index (χ4v) is 5.06. The summed E-state index contributed by atoms with van der Waals surface area (Å²) in [6.45, 7) is 9.12. The molecule has 0 saturated heterocycles. The molecule has 0 saturated carbocycles. The van der Waals surface area contributed by atoms with Crippen LogP contribution in [-0.2, 0) is 20.9 Å². The summed E-state index contributed by atoms with van der Waals surface area (Å²) in [5.74, 6) is -1.08. The number of fused-ring (bicyclic) bond motifs is 2. The van der Waals surface area contributed by atoms with E-state index >= 15 is 0 Å². The molecule has 5 rings (SSSR count). The number of carbonyl (C=O) groups is 3. The summed E-state index contributed by atoms with van der Waals surface area (Å²) in [4.78, 5) is 43.9. The molecule has 0 aliphatic carbocycles. The molecule has 36 heavy (non-hydrogen) atoms. The summed E-state index contributed by atoms with van der Waals surface area (Å²) in [5.41, 5.74) is 4.32. The molecule has 0 atom stereocenters. The van der Waals surface area contributed by atoms with Gasteiger partial charge < -0.3 is 19.8 Å². The minimum atomic E-state index is -0.444. The molecule has 3 N–H and O–H groups in total. The highest BCUT2D eigenvalue weighted by molar-refractivity contribution is 6.51. The Hall–Kier alpha value is -4.17. The van der Waals surface area contributed by atoms with E-state index < -0.39 is 11.8 Å². The average molecular weight is 484 g/mol. The highest BCUT2D eigenvalue weighted by Gasteiger charge is 2.35. The van der Waals surface area contributed by atoms with Crippen molar-refractivity contribution in [1.29, 1.82) is 0 Å². The second-order valence-corrected chi connectivity index (χ2v) is 8.93. The standard InChI is InChI=1S/C28H29N5O3/c1-4-32(5-2)13-14-33-16-20(24-22(30-17(3)34)11-8-12-23(24)33)26-25(27(35)31-28(26)36)19-15-29-21-10-7-6-9-18(19)21/h6-12,15-16,29H,4-5,13-14H2,1-3H3,(H,30,34)(H,31,35,36). The molecule has 2 aromatic heterocycles. The Labute approximate surface area is 209 Å². The van der Waals surface area contributed by atoms with Crippen LogP contribution in [-0.4, -0.2) is 51.8 Å². The zero-order chi connectivity index (χ0) is 25.4. The number of hydrogen-bond acceptors (Lipinski definition) is 4. The summed E-state index contributed by atoms with van der Waals surface area (Å²) in [6, 6.07) is 13.4. The van der Waals surface area contributed by atoms with Crippen LogP contribution in [0.2, 0.25) is 0 Å². The van der Waals surface area contributed by atoms with E-state index in [0.717, 1.165) is 41.4 Å². The molecule has 0 fully saturated rings. The van der Waals surface area contributed by atoms with Crippen molar-refractivity contribution in [1.82, 2.24) is 19.8 Å². The van der Waals surface area contributed by atoms with Crippen LogP contribution in [0, 0.1) is 0 Å². The molecule has 0 bridgehead atoms. The lowest BCUT2D eigenvalue weighted by Gasteiger charge is -2.18. The van der Waals surface area contributed by atoms with E-state index in [4.69, 9.17) is 0 Å². The summed E-state index contributed by atoms with van der Waals surface area (Å²) < 4.78 is 2.10. The number of H-pyrrole nitrogens is 1. The van der Waals surface area contributed by atoms with Gasteiger partial charge in [-0.05, 0) is 31.3 Å². The van der Waals surface area contributed by atoms with Gasteiger partial charge in [0.15, 0.2) is 0 Å². The van der Waals surface area contributed by atoms with Crippen molar-refractivity contribution < 1.29 is 14.4 Å². The van der Waals surface area contributed by atoms with Gasteiger partial charge >= 0.3 is 0 Å². The summed E-state index contributed by atoms with van der Waals surface area (Å²) >= 11 is 0. The molecule has 3 heterocycles. The maximum Gasteiger partial charge on any atom is 0.259 e. The number of hydrogen-bond donors (Lipinski definition) is 3. The Kier molecular flexibility index (Phi) is 6.20. The first-order valence-corrected chi connectivity index (χ1v) is 12.2. The Bertz CT molecular complexity index is 1540. The SMILES string of the molecule is CCN(CC)CCn1cc(C2=C(c3c[nH]c4ccccc34)C(=O)NC2=O)c2c(NC(C)=O)cccc21. The Morgan fingerprint density at radius 1 is 0.972 bits per heavy atom. The van der Waals surface area contributed by atoms with Crippen LogP contribution in [0.4, 0.5) is 5.69 Å². The Morgan fingerprint density at radius 3 is 2.42 bits per heavy atom. The van der Waals surface area contributed by atoms with E-state index in [9.17, 15) is 14.4 Å². The summed E-state index contributed by atoms with van der Waals surface area (Å²) in [5, 5.41) is 7.01. The number of aromatic amines is 1. The minimum Gasteiger partial charge on any atom is -0.361 e. The fraction of sp³-hybridized carbons (Fsp3) is 0.250. The van der Waals surface area contributed by atoms with Crippen molar-refractivity contribution >= 4 is 56.4 Å². The smallest absolute Gasteiger partial charge is 0.259 e. The number of aromatic nitrogens is 2. The van der Waals surface area contributed by atoms with Crippen molar-refractivity contribution in [3.05, 3.63) is 66.0 Å². The van der Waals surface area contributed by atoms with Crippen LogP contribution >= 0.6 is 0 Å². The van der Waals surface area contributed by atoms with E-state index in [-0.39, 0.29) is 5.91 Å². The molecule has 3 amide bonds. The van der Waals surface area contributed by atoms with Crippen LogP contribution < -0.4 is 10.6 Å². The minimum absolute atomic E-state index is 0.206. The molecule has 8 nitrogen and oxygen atoms in total. The Morgan fingerprint density at radius 2 is 1.69 bits per heavy atom. The van der Waals surface area contributed by atoms with Crippen LogP contribution in [0.5, 0.6) is 0 Å². The molecule has 0 radical (unpaired) electrons. The topological polar surface area (TPSA) is 99.2 Å². The summed E-state index contributed by atoms with van der Waals surface area (Å²) in [6.07, 6.45) is 3.70. The number of amides is 3. The molecular weight excluding hydrogens is 454 g/mol.